The van der Waals surface area contributed by atoms with Crippen LogP contribution in [0.4, 0.5) is 0 Å². The van der Waals surface area contributed by atoms with E-state index in [2.05, 4.69) is 11.4 Å². The maximum absolute atomic E-state index is 12.1. The number of hydrogen-bond acceptors (Lipinski definition) is 3. The standard InChI is InChI=1S/C14H21NO2S/c1-2-11(7-8-16)15-14(17)13-9-10-5-3-4-6-12(10)18-13/h9,11,16H,2-8H2,1H3,(H,15,17). The molecule has 0 saturated heterocycles. The van der Waals surface area contributed by atoms with Crippen molar-refractivity contribution < 1.29 is 9.90 Å². The monoisotopic (exact) mass is 267 g/mol. The Morgan fingerprint density at radius 3 is 2.94 bits per heavy atom. The number of thiophene rings is 1. The first-order valence-corrected chi connectivity index (χ1v) is 7.59. The second-order valence-corrected chi connectivity index (χ2v) is 5.99. The fraction of sp³-hybridized carbons (Fsp3) is 0.643. The van der Waals surface area contributed by atoms with E-state index in [1.165, 1.54) is 23.3 Å². The molecule has 1 heterocycles. The van der Waals surface area contributed by atoms with Gasteiger partial charge >= 0.3 is 0 Å². The highest BCUT2D eigenvalue weighted by Gasteiger charge is 2.18. The van der Waals surface area contributed by atoms with Gasteiger partial charge < -0.3 is 10.4 Å². The Kier molecular flexibility index (Phi) is 4.78. The van der Waals surface area contributed by atoms with Crippen molar-refractivity contribution in [3.05, 3.63) is 21.4 Å². The summed E-state index contributed by atoms with van der Waals surface area (Å²) in [6, 6.07) is 2.14. The molecule has 1 unspecified atom stereocenters. The van der Waals surface area contributed by atoms with Crippen molar-refractivity contribution in [3.63, 3.8) is 0 Å². The van der Waals surface area contributed by atoms with Gasteiger partial charge in [0.05, 0.1) is 4.88 Å². The van der Waals surface area contributed by atoms with Crippen LogP contribution in [-0.4, -0.2) is 23.7 Å². The Morgan fingerprint density at radius 1 is 1.50 bits per heavy atom. The molecule has 2 rings (SSSR count). The topological polar surface area (TPSA) is 49.3 Å². The quantitative estimate of drug-likeness (QED) is 0.861. The minimum atomic E-state index is 0.0229. The van der Waals surface area contributed by atoms with Crippen molar-refractivity contribution in [3.8, 4) is 0 Å². The van der Waals surface area contributed by atoms with Crippen LogP contribution >= 0.6 is 11.3 Å². The molecule has 4 heteroatoms. The van der Waals surface area contributed by atoms with E-state index in [4.69, 9.17) is 5.11 Å². The van der Waals surface area contributed by atoms with Crippen molar-refractivity contribution in [2.45, 2.75) is 51.5 Å². The van der Waals surface area contributed by atoms with Gasteiger partial charge in [-0.05, 0) is 50.2 Å². The maximum Gasteiger partial charge on any atom is 0.261 e. The lowest BCUT2D eigenvalue weighted by atomic mass is 9.99. The molecule has 1 atom stereocenters. The van der Waals surface area contributed by atoms with Crippen LogP contribution in [0.15, 0.2) is 6.07 Å². The van der Waals surface area contributed by atoms with Gasteiger partial charge in [-0.25, -0.2) is 0 Å². The number of carbonyl (C=O) groups is 1. The third-order valence-corrected chi connectivity index (χ3v) is 4.76. The summed E-state index contributed by atoms with van der Waals surface area (Å²) in [4.78, 5) is 14.3. The molecule has 2 N–H and O–H groups in total. The number of aryl methyl sites for hydroxylation is 2. The van der Waals surface area contributed by atoms with Crippen molar-refractivity contribution in [2.24, 2.45) is 0 Å². The smallest absolute Gasteiger partial charge is 0.261 e. The summed E-state index contributed by atoms with van der Waals surface area (Å²) >= 11 is 1.64. The zero-order valence-electron chi connectivity index (χ0n) is 10.9. The average molecular weight is 267 g/mol. The van der Waals surface area contributed by atoms with Crippen molar-refractivity contribution in [2.75, 3.05) is 6.61 Å². The van der Waals surface area contributed by atoms with E-state index in [9.17, 15) is 4.79 Å². The Morgan fingerprint density at radius 2 is 2.28 bits per heavy atom. The number of fused-ring (bicyclic) bond motifs is 1. The first-order valence-electron chi connectivity index (χ1n) is 6.78. The first kappa shape index (κ1) is 13.6. The fourth-order valence-corrected chi connectivity index (χ4v) is 3.55. The average Bonchev–Trinajstić information content (AvgIpc) is 2.82. The molecule has 0 fully saturated rings. The van der Waals surface area contributed by atoms with Gasteiger partial charge in [0.25, 0.3) is 5.91 Å². The van der Waals surface area contributed by atoms with E-state index in [0.29, 0.717) is 6.42 Å². The third kappa shape index (κ3) is 3.12. The summed E-state index contributed by atoms with van der Waals surface area (Å²) in [5.41, 5.74) is 1.37. The molecule has 18 heavy (non-hydrogen) atoms. The number of aliphatic hydroxyl groups is 1. The molecule has 100 valence electrons. The van der Waals surface area contributed by atoms with E-state index in [-0.39, 0.29) is 18.6 Å². The molecule has 1 aliphatic rings. The molecular formula is C14H21NO2S. The van der Waals surface area contributed by atoms with Crippen LogP contribution in [-0.2, 0) is 12.8 Å². The molecule has 1 aromatic rings. The lowest BCUT2D eigenvalue weighted by Crippen LogP contribution is -2.34. The zero-order valence-corrected chi connectivity index (χ0v) is 11.7. The Hall–Kier alpha value is -0.870. The predicted octanol–water partition coefficient (Wildman–Crippen LogP) is 2.52. The normalized spacial score (nSPS) is 16.1. The highest BCUT2D eigenvalue weighted by molar-refractivity contribution is 7.14. The first-order chi connectivity index (χ1) is 8.74. The molecule has 0 aromatic carbocycles. The Bertz CT molecular complexity index is 390. The minimum Gasteiger partial charge on any atom is -0.396 e. The second-order valence-electron chi connectivity index (χ2n) is 4.86. The molecule has 0 aliphatic heterocycles. The van der Waals surface area contributed by atoms with Gasteiger partial charge in [0.15, 0.2) is 0 Å². The predicted molar refractivity (Wildman–Crippen MR) is 74.2 cm³/mol. The third-order valence-electron chi connectivity index (χ3n) is 3.53. The van der Waals surface area contributed by atoms with Crippen LogP contribution in [0.2, 0.25) is 0 Å². The summed E-state index contributed by atoms with van der Waals surface area (Å²) in [6.07, 6.45) is 6.22. The van der Waals surface area contributed by atoms with Gasteiger partial charge in [0.1, 0.15) is 0 Å². The molecule has 0 bridgehead atoms. The lowest BCUT2D eigenvalue weighted by molar-refractivity contribution is 0.0933. The number of nitrogens with one attached hydrogen (secondary N) is 1. The second kappa shape index (κ2) is 6.34. The SMILES string of the molecule is CCC(CCO)NC(=O)c1cc2c(s1)CCCC2. The van der Waals surface area contributed by atoms with Gasteiger partial charge in [-0.1, -0.05) is 6.92 Å². The van der Waals surface area contributed by atoms with E-state index in [1.54, 1.807) is 11.3 Å². The van der Waals surface area contributed by atoms with Crippen molar-refractivity contribution in [1.29, 1.82) is 0 Å². The molecular weight excluding hydrogens is 246 g/mol. The van der Waals surface area contributed by atoms with Gasteiger partial charge in [-0.2, -0.15) is 0 Å². The van der Waals surface area contributed by atoms with Crippen LogP contribution in [0, 0.1) is 0 Å². The molecule has 1 aromatic heterocycles. The Labute approximate surface area is 112 Å². The highest BCUT2D eigenvalue weighted by atomic mass is 32.1. The summed E-state index contributed by atoms with van der Waals surface area (Å²) in [5, 5.41) is 11.9. The molecule has 1 aliphatic carbocycles. The lowest BCUT2D eigenvalue weighted by Gasteiger charge is -2.14. The van der Waals surface area contributed by atoms with E-state index >= 15 is 0 Å². The van der Waals surface area contributed by atoms with E-state index < -0.39 is 0 Å². The van der Waals surface area contributed by atoms with Crippen LogP contribution in [0.1, 0.15) is 52.7 Å². The molecule has 0 saturated carbocycles. The van der Waals surface area contributed by atoms with Crippen molar-refractivity contribution in [1.82, 2.24) is 5.32 Å². The van der Waals surface area contributed by atoms with Gasteiger partial charge in [0.2, 0.25) is 0 Å². The highest BCUT2D eigenvalue weighted by Crippen LogP contribution is 2.29. The molecule has 1 amide bonds. The number of carbonyl (C=O) groups excluding carboxylic acids is 1. The number of amides is 1. The largest absolute Gasteiger partial charge is 0.396 e. The molecule has 3 nitrogen and oxygen atoms in total. The number of aliphatic hydroxyl groups excluding tert-OH is 1. The van der Waals surface area contributed by atoms with E-state index in [1.807, 2.05) is 6.92 Å². The summed E-state index contributed by atoms with van der Waals surface area (Å²) in [5.74, 6) is 0.0229. The van der Waals surface area contributed by atoms with Crippen LogP contribution in [0.5, 0.6) is 0 Å². The van der Waals surface area contributed by atoms with Gasteiger partial charge in [-0.15, -0.1) is 11.3 Å². The number of hydrogen-bond donors (Lipinski definition) is 2. The molecule has 0 spiro atoms. The Balaban J connectivity index is 2.02. The van der Waals surface area contributed by atoms with Gasteiger partial charge in [-0.3, -0.25) is 4.79 Å². The fourth-order valence-electron chi connectivity index (χ4n) is 2.39. The molecule has 0 radical (unpaired) electrons. The summed E-state index contributed by atoms with van der Waals surface area (Å²) in [7, 11) is 0. The van der Waals surface area contributed by atoms with Crippen LogP contribution in [0.3, 0.4) is 0 Å². The van der Waals surface area contributed by atoms with E-state index in [0.717, 1.165) is 24.1 Å². The summed E-state index contributed by atoms with van der Waals surface area (Å²) in [6.45, 7) is 2.15. The number of rotatable bonds is 5. The minimum absolute atomic E-state index is 0.0229. The van der Waals surface area contributed by atoms with Gasteiger partial charge in [0, 0.05) is 17.5 Å². The van der Waals surface area contributed by atoms with Crippen LogP contribution in [0.25, 0.3) is 0 Å². The van der Waals surface area contributed by atoms with Crippen LogP contribution < -0.4 is 5.32 Å². The zero-order chi connectivity index (χ0) is 13.0. The maximum atomic E-state index is 12.1. The van der Waals surface area contributed by atoms with Crippen molar-refractivity contribution >= 4 is 17.2 Å². The summed E-state index contributed by atoms with van der Waals surface area (Å²) < 4.78 is 0.